The third kappa shape index (κ3) is 4.85. The predicted molar refractivity (Wildman–Crippen MR) is 90.8 cm³/mol. The van der Waals surface area contributed by atoms with Gasteiger partial charge in [-0.25, -0.2) is 0 Å². The molecule has 5 nitrogen and oxygen atoms in total. The van der Waals surface area contributed by atoms with Crippen molar-refractivity contribution in [3.8, 4) is 5.75 Å². The summed E-state index contributed by atoms with van der Waals surface area (Å²) in [5.41, 5.74) is 3.44. The van der Waals surface area contributed by atoms with Gasteiger partial charge in [-0.05, 0) is 37.6 Å². The number of hydrogen-bond donors (Lipinski definition) is 2. The molecule has 2 amide bonds. The number of rotatable bonds is 5. The first-order valence-corrected chi connectivity index (χ1v) is 7.32. The van der Waals surface area contributed by atoms with Crippen LogP contribution in [-0.2, 0) is 9.59 Å². The normalized spacial score (nSPS) is 10.0. The van der Waals surface area contributed by atoms with E-state index in [0.717, 1.165) is 16.8 Å². The molecule has 0 aromatic heterocycles. The first-order valence-electron chi connectivity index (χ1n) is 7.32. The molecule has 5 heteroatoms. The summed E-state index contributed by atoms with van der Waals surface area (Å²) in [6, 6.07) is 12.8. The molecule has 0 saturated carbocycles. The fourth-order valence-corrected chi connectivity index (χ4v) is 2.17. The molecule has 23 heavy (non-hydrogen) atoms. The number of carbonyl (C=O) groups is 2. The number of para-hydroxylation sites is 2. The number of amides is 2. The highest BCUT2D eigenvalue weighted by Crippen LogP contribution is 2.23. The zero-order chi connectivity index (χ0) is 16.8. The van der Waals surface area contributed by atoms with Crippen LogP contribution in [0.4, 0.5) is 11.4 Å². The molecule has 120 valence electrons. The second-order valence-corrected chi connectivity index (χ2v) is 5.33. The van der Waals surface area contributed by atoms with Gasteiger partial charge in [-0.1, -0.05) is 29.8 Å². The molecule has 2 rings (SSSR count). The lowest BCUT2D eigenvalue weighted by atomic mass is 10.1. The van der Waals surface area contributed by atoms with E-state index in [2.05, 4.69) is 10.6 Å². The number of anilines is 2. The molecule has 2 aromatic rings. The molecule has 0 radical (unpaired) electrons. The maximum absolute atomic E-state index is 12.0. The van der Waals surface area contributed by atoms with Gasteiger partial charge in [0.1, 0.15) is 5.75 Å². The summed E-state index contributed by atoms with van der Waals surface area (Å²) in [5, 5.41) is 5.48. The quantitative estimate of drug-likeness (QED) is 0.890. The van der Waals surface area contributed by atoms with Crippen LogP contribution in [0.5, 0.6) is 5.75 Å². The van der Waals surface area contributed by atoms with Crippen LogP contribution >= 0.6 is 0 Å². The lowest BCUT2D eigenvalue weighted by Crippen LogP contribution is -2.21. The number of aryl methyl sites for hydroxylation is 2. The van der Waals surface area contributed by atoms with Gasteiger partial charge >= 0.3 is 0 Å². The Hall–Kier alpha value is -2.82. The largest absolute Gasteiger partial charge is 0.482 e. The van der Waals surface area contributed by atoms with Gasteiger partial charge in [0.05, 0.1) is 5.69 Å². The van der Waals surface area contributed by atoms with Crippen LogP contribution in [0, 0.1) is 13.8 Å². The molecule has 0 aliphatic carbocycles. The highest BCUT2D eigenvalue weighted by Gasteiger charge is 2.09. The van der Waals surface area contributed by atoms with Crippen molar-refractivity contribution in [2.24, 2.45) is 0 Å². The number of benzene rings is 2. The molecular formula is C18H20N2O3. The zero-order valence-corrected chi connectivity index (χ0v) is 13.5. The highest BCUT2D eigenvalue weighted by molar-refractivity contribution is 5.93. The minimum Gasteiger partial charge on any atom is -0.482 e. The summed E-state index contributed by atoms with van der Waals surface area (Å²) in [4.78, 5) is 23.2. The molecule has 0 unspecified atom stereocenters. The molecule has 0 spiro atoms. The Bertz CT molecular complexity index is 726. The summed E-state index contributed by atoms with van der Waals surface area (Å²) < 4.78 is 5.51. The lowest BCUT2D eigenvalue weighted by molar-refractivity contribution is -0.118. The second kappa shape index (κ2) is 7.45. The Morgan fingerprint density at radius 1 is 1.00 bits per heavy atom. The van der Waals surface area contributed by atoms with Crippen LogP contribution < -0.4 is 15.4 Å². The van der Waals surface area contributed by atoms with Crippen LogP contribution in [0.25, 0.3) is 0 Å². The van der Waals surface area contributed by atoms with Gasteiger partial charge in [-0.2, -0.15) is 0 Å². The van der Waals surface area contributed by atoms with E-state index in [1.807, 2.05) is 32.0 Å². The lowest BCUT2D eigenvalue weighted by Gasteiger charge is -2.12. The standard InChI is InChI=1S/C18H20N2O3/c1-12-8-9-15(13(2)10-12)20-18(22)11-23-17-7-5-4-6-16(17)19-14(3)21/h4-10H,11H2,1-3H3,(H,19,21)(H,20,22). The fraction of sp³-hybridized carbons (Fsp3) is 0.222. The SMILES string of the molecule is CC(=O)Nc1ccccc1OCC(=O)Nc1ccc(C)cc1C. The maximum Gasteiger partial charge on any atom is 0.262 e. The van der Waals surface area contributed by atoms with Crippen molar-refractivity contribution in [2.75, 3.05) is 17.2 Å². The molecule has 0 fully saturated rings. The molecule has 0 heterocycles. The van der Waals surface area contributed by atoms with Crippen molar-refractivity contribution in [3.05, 3.63) is 53.6 Å². The van der Waals surface area contributed by atoms with E-state index in [4.69, 9.17) is 4.74 Å². The molecule has 2 aromatic carbocycles. The molecule has 2 N–H and O–H groups in total. The first kappa shape index (κ1) is 16.5. The van der Waals surface area contributed by atoms with Crippen molar-refractivity contribution in [1.29, 1.82) is 0 Å². The summed E-state index contributed by atoms with van der Waals surface area (Å²) in [7, 11) is 0. The van der Waals surface area contributed by atoms with E-state index < -0.39 is 0 Å². The Morgan fingerprint density at radius 2 is 1.74 bits per heavy atom. The highest BCUT2D eigenvalue weighted by atomic mass is 16.5. The molecular weight excluding hydrogens is 292 g/mol. The summed E-state index contributed by atoms with van der Waals surface area (Å²) in [6.45, 7) is 5.23. The van der Waals surface area contributed by atoms with Crippen molar-refractivity contribution in [1.82, 2.24) is 0 Å². The molecule has 0 saturated heterocycles. The van der Waals surface area contributed by atoms with Gasteiger partial charge in [0.15, 0.2) is 6.61 Å². The van der Waals surface area contributed by atoms with Gasteiger partial charge in [-0.15, -0.1) is 0 Å². The predicted octanol–water partition coefficient (Wildman–Crippen LogP) is 3.28. The Kier molecular flexibility index (Phi) is 5.36. The number of carbonyl (C=O) groups excluding carboxylic acids is 2. The Balaban J connectivity index is 1.98. The number of hydrogen-bond acceptors (Lipinski definition) is 3. The van der Waals surface area contributed by atoms with E-state index in [1.165, 1.54) is 6.92 Å². The van der Waals surface area contributed by atoms with E-state index in [9.17, 15) is 9.59 Å². The van der Waals surface area contributed by atoms with Crippen molar-refractivity contribution < 1.29 is 14.3 Å². The minimum absolute atomic E-state index is 0.135. The van der Waals surface area contributed by atoms with E-state index >= 15 is 0 Å². The van der Waals surface area contributed by atoms with Crippen molar-refractivity contribution in [2.45, 2.75) is 20.8 Å². The third-order valence-corrected chi connectivity index (χ3v) is 3.21. The van der Waals surface area contributed by atoms with Gasteiger partial charge in [0.2, 0.25) is 5.91 Å². The third-order valence-electron chi connectivity index (χ3n) is 3.21. The minimum atomic E-state index is -0.255. The van der Waals surface area contributed by atoms with Crippen LogP contribution in [0.3, 0.4) is 0 Å². The fourth-order valence-electron chi connectivity index (χ4n) is 2.17. The number of nitrogens with one attached hydrogen (secondary N) is 2. The zero-order valence-electron chi connectivity index (χ0n) is 13.5. The van der Waals surface area contributed by atoms with Crippen molar-refractivity contribution >= 4 is 23.2 Å². The summed E-state index contributed by atoms with van der Waals surface area (Å²) in [5.74, 6) is 0.00819. The van der Waals surface area contributed by atoms with Crippen LogP contribution in [-0.4, -0.2) is 18.4 Å². The van der Waals surface area contributed by atoms with Crippen molar-refractivity contribution in [3.63, 3.8) is 0 Å². The molecule has 0 bridgehead atoms. The van der Waals surface area contributed by atoms with Crippen LogP contribution in [0.1, 0.15) is 18.1 Å². The molecule has 0 aliphatic heterocycles. The monoisotopic (exact) mass is 312 g/mol. The average Bonchev–Trinajstić information content (AvgIpc) is 2.49. The Labute approximate surface area is 135 Å². The number of ether oxygens (including phenoxy) is 1. The maximum atomic E-state index is 12.0. The van der Waals surface area contributed by atoms with Crippen LogP contribution in [0.15, 0.2) is 42.5 Å². The topological polar surface area (TPSA) is 67.4 Å². The van der Waals surface area contributed by atoms with E-state index in [0.29, 0.717) is 11.4 Å². The van der Waals surface area contributed by atoms with Crippen LogP contribution in [0.2, 0.25) is 0 Å². The van der Waals surface area contributed by atoms with Gasteiger partial charge in [0.25, 0.3) is 5.91 Å². The molecule has 0 atom stereocenters. The first-order chi connectivity index (χ1) is 11.0. The van der Waals surface area contributed by atoms with E-state index in [-0.39, 0.29) is 18.4 Å². The van der Waals surface area contributed by atoms with Gasteiger partial charge < -0.3 is 15.4 Å². The second-order valence-electron chi connectivity index (χ2n) is 5.33. The smallest absolute Gasteiger partial charge is 0.262 e. The van der Waals surface area contributed by atoms with E-state index in [1.54, 1.807) is 24.3 Å². The summed E-state index contributed by atoms with van der Waals surface area (Å²) >= 11 is 0. The average molecular weight is 312 g/mol. The van der Waals surface area contributed by atoms with Gasteiger partial charge in [-0.3, -0.25) is 9.59 Å². The Morgan fingerprint density at radius 3 is 2.43 bits per heavy atom. The van der Waals surface area contributed by atoms with Gasteiger partial charge in [0, 0.05) is 12.6 Å². The molecule has 0 aliphatic rings. The summed E-state index contributed by atoms with van der Waals surface area (Å²) in [6.07, 6.45) is 0.